The number of aliphatic carboxylic acids is 1. The van der Waals surface area contributed by atoms with Crippen LogP contribution in [0, 0.1) is 0 Å². The number of aromatic nitrogens is 2. The summed E-state index contributed by atoms with van der Waals surface area (Å²) in [5.41, 5.74) is 0.840. The third-order valence-electron chi connectivity index (χ3n) is 2.71. The van der Waals surface area contributed by atoms with Crippen molar-refractivity contribution in [2.24, 2.45) is 0 Å². The van der Waals surface area contributed by atoms with Crippen molar-refractivity contribution in [2.75, 3.05) is 0 Å². The van der Waals surface area contributed by atoms with Crippen molar-refractivity contribution >= 4 is 5.97 Å². The lowest BCUT2D eigenvalue weighted by molar-refractivity contribution is -0.139. The summed E-state index contributed by atoms with van der Waals surface area (Å²) in [6, 6.07) is 11.1. The summed E-state index contributed by atoms with van der Waals surface area (Å²) in [5.74, 6) is -1.26. The third kappa shape index (κ3) is 2.93. The zero-order valence-electron chi connectivity index (χ0n) is 9.36. The van der Waals surface area contributed by atoms with Crippen LogP contribution in [0.2, 0.25) is 0 Å². The maximum atomic E-state index is 11.2. The van der Waals surface area contributed by atoms with E-state index in [0.29, 0.717) is 13.0 Å². The molecule has 0 aliphatic rings. The number of carboxylic acids is 1. The maximum absolute atomic E-state index is 11.2. The Morgan fingerprint density at radius 2 is 2.06 bits per heavy atom. The Balaban J connectivity index is 2.06. The second-order valence-electron chi connectivity index (χ2n) is 3.86. The molecule has 0 aliphatic carbocycles. The molecule has 4 heteroatoms. The molecule has 0 amide bonds. The Morgan fingerprint density at radius 3 is 2.65 bits per heavy atom. The third-order valence-corrected chi connectivity index (χ3v) is 2.71. The van der Waals surface area contributed by atoms with E-state index in [9.17, 15) is 9.90 Å². The molecule has 0 radical (unpaired) electrons. The summed E-state index contributed by atoms with van der Waals surface area (Å²) in [6.45, 7) is 0.610. The zero-order chi connectivity index (χ0) is 12.1. The van der Waals surface area contributed by atoms with Crippen LogP contribution in [0.1, 0.15) is 17.9 Å². The Morgan fingerprint density at radius 1 is 1.29 bits per heavy atom. The molecule has 0 saturated heterocycles. The molecule has 88 valence electrons. The highest BCUT2D eigenvalue weighted by atomic mass is 16.4. The van der Waals surface area contributed by atoms with Crippen molar-refractivity contribution in [3.8, 4) is 0 Å². The molecule has 1 N–H and O–H groups in total. The van der Waals surface area contributed by atoms with E-state index in [1.54, 1.807) is 10.9 Å². The highest BCUT2D eigenvalue weighted by molar-refractivity contribution is 5.75. The molecular formula is C13H14N2O2. The molecule has 0 aliphatic heterocycles. The summed E-state index contributed by atoms with van der Waals surface area (Å²) in [5, 5.41) is 13.3. The first kappa shape index (κ1) is 11.4. The monoisotopic (exact) mass is 230 g/mol. The standard InChI is InChI=1S/C13H14N2O2/c16-13(17)12(11-5-2-1-3-6-11)7-10-15-9-4-8-14-15/h1-6,8-9,12H,7,10H2,(H,16,17). The highest BCUT2D eigenvalue weighted by Crippen LogP contribution is 2.20. The first-order valence-corrected chi connectivity index (χ1v) is 5.52. The van der Waals surface area contributed by atoms with Crippen LogP contribution >= 0.6 is 0 Å². The average Bonchev–Trinajstić information content (AvgIpc) is 2.83. The first-order chi connectivity index (χ1) is 8.27. The van der Waals surface area contributed by atoms with E-state index < -0.39 is 11.9 Å². The van der Waals surface area contributed by atoms with Gasteiger partial charge in [0.2, 0.25) is 0 Å². The summed E-state index contributed by atoms with van der Waals surface area (Å²) in [7, 11) is 0. The molecule has 0 bridgehead atoms. The van der Waals surface area contributed by atoms with Gasteiger partial charge >= 0.3 is 5.97 Å². The number of benzene rings is 1. The second kappa shape index (κ2) is 5.30. The SMILES string of the molecule is O=C(O)C(CCn1cccn1)c1ccccc1. The molecule has 17 heavy (non-hydrogen) atoms. The van der Waals surface area contributed by atoms with E-state index in [4.69, 9.17) is 0 Å². The van der Waals surface area contributed by atoms with Crippen LogP contribution in [0.15, 0.2) is 48.8 Å². The van der Waals surface area contributed by atoms with Crippen molar-refractivity contribution in [2.45, 2.75) is 18.9 Å². The van der Waals surface area contributed by atoms with Crippen LogP contribution in [0.4, 0.5) is 0 Å². The van der Waals surface area contributed by atoms with Gasteiger partial charge in [-0.25, -0.2) is 0 Å². The van der Waals surface area contributed by atoms with Gasteiger partial charge in [0.1, 0.15) is 0 Å². The highest BCUT2D eigenvalue weighted by Gasteiger charge is 2.19. The smallest absolute Gasteiger partial charge is 0.311 e. The lowest BCUT2D eigenvalue weighted by atomic mass is 9.96. The number of carboxylic acid groups (broad SMARTS) is 1. The average molecular weight is 230 g/mol. The molecule has 0 saturated carbocycles. The number of hydrogen-bond acceptors (Lipinski definition) is 2. The minimum absolute atomic E-state index is 0.472. The fourth-order valence-corrected chi connectivity index (χ4v) is 1.81. The molecule has 1 atom stereocenters. The molecule has 1 heterocycles. The Hall–Kier alpha value is -2.10. The van der Waals surface area contributed by atoms with Gasteiger partial charge in [-0.15, -0.1) is 0 Å². The number of hydrogen-bond donors (Lipinski definition) is 1. The van der Waals surface area contributed by atoms with E-state index >= 15 is 0 Å². The maximum Gasteiger partial charge on any atom is 0.311 e. The van der Waals surface area contributed by atoms with Gasteiger partial charge in [-0.3, -0.25) is 9.48 Å². The van der Waals surface area contributed by atoms with Gasteiger partial charge in [0.25, 0.3) is 0 Å². The van der Waals surface area contributed by atoms with E-state index in [2.05, 4.69) is 5.10 Å². The summed E-state index contributed by atoms with van der Waals surface area (Å²) >= 11 is 0. The van der Waals surface area contributed by atoms with E-state index in [-0.39, 0.29) is 0 Å². The van der Waals surface area contributed by atoms with Gasteiger partial charge in [0.05, 0.1) is 5.92 Å². The van der Waals surface area contributed by atoms with E-state index in [0.717, 1.165) is 5.56 Å². The largest absolute Gasteiger partial charge is 0.481 e. The predicted molar refractivity (Wildman–Crippen MR) is 63.7 cm³/mol. The topological polar surface area (TPSA) is 55.1 Å². The van der Waals surface area contributed by atoms with Gasteiger partial charge in [-0.2, -0.15) is 5.10 Å². The van der Waals surface area contributed by atoms with E-state index in [1.165, 1.54) is 0 Å². The van der Waals surface area contributed by atoms with Crippen LogP contribution in [0.5, 0.6) is 0 Å². The quantitative estimate of drug-likeness (QED) is 0.856. The predicted octanol–water partition coefficient (Wildman–Crippen LogP) is 2.14. The molecule has 2 rings (SSSR count). The first-order valence-electron chi connectivity index (χ1n) is 5.52. The Bertz CT molecular complexity index is 465. The Kier molecular flexibility index (Phi) is 3.55. The normalized spacial score (nSPS) is 12.2. The van der Waals surface area contributed by atoms with Crippen molar-refractivity contribution in [1.82, 2.24) is 9.78 Å². The number of rotatable bonds is 5. The molecule has 1 aromatic heterocycles. The lowest BCUT2D eigenvalue weighted by Crippen LogP contribution is -2.14. The lowest BCUT2D eigenvalue weighted by Gasteiger charge is -2.12. The Labute approximate surface area is 99.5 Å². The number of nitrogens with zero attached hydrogens (tertiary/aromatic N) is 2. The van der Waals surface area contributed by atoms with Crippen LogP contribution in [-0.4, -0.2) is 20.9 Å². The van der Waals surface area contributed by atoms with Crippen molar-refractivity contribution in [1.29, 1.82) is 0 Å². The van der Waals surface area contributed by atoms with E-state index in [1.807, 2.05) is 42.6 Å². The molecule has 0 spiro atoms. The number of carbonyl (C=O) groups is 1. The molecule has 2 aromatic rings. The van der Waals surface area contributed by atoms with Crippen LogP contribution in [0.3, 0.4) is 0 Å². The minimum atomic E-state index is -0.789. The van der Waals surface area contributed by atoms with Gasteiger partial charge in [0, 0.05) is 18.9 Å². The van der Waals surface area contributed by atoms with Crippen molar-refractivity contribution in [3.63, 3.8) is 0 Å². The van der Waals surface area contributed by atoms with Crippen molar-refractivity contribution < 1.29 is 9.90 Å². The zero-order valence-corrected chi connectivity index (χ0v) is 9.36. The van der Waals surface area contributed by atoms with Gasteiger partial charge in [-0.1, -0.05) is 30.3 Å². The summed E-state index contributed by atoms with van der Waals surface area (Å²) in [6.07, 6.45) is 4.07. The number of aryl methyl sites for hydroxylation is 1. The fraction of sp³-hybridized carbons (Fsp3) is 0.231. The molecule has 1 unspecified atom stereocenters. The van der Waals surface area contributed by atoms with Crippen LogP contribution in [-0.2, 0) is 11.3 Å². The summed E-state index contributed by atoms with van der Waals surface area (Å²) in [4.78, 5) is 11.2. The van der Waals surface area contributed by atoms with Gasteiger partial charge in [-0.05, 0) is 18.1 Å². The second-order valence-corrected chi connectivity index (χ2v) is 3.86. The van der Waals surface area contributed by atoms with Crippen LogP contribution in [0.25, 0.3) is 0 Å². The fourth-order valence-electron chi connectivity index (χ4n) is 1.81. The minimum Gasteiger partial charge on any atom is -0.481 e. The van der Waals surface area contributed by atoms with Gasteiger partial charge in [0.15, 0.2) is 0 Å². The molecule has 1 aromatic carbocycles. The van der Waals surface area contributed by atoms with Crippen molar-refractivity contribution in [3.05, 3.63) is 54.4 Å². The molecule has 0 fully saturated rings. The summed E-state index contributed by atoms with van der Waals surface area (Å²) < 4.78 is 1.75. The molecule has 4 nitrogen and oxygen atoms in total. The molecular weight excluding hydrogens is 216 g/mol. The van der Waals surface area contributed by atoms with Crippen LogP contribution < -0.4 is 0 Å². The van der Waals surface area contributed by atoms with Gasteiger partial charge < -0.3 is 5.11 Å².